The first-order valence-corrected chi connectivity index (χ1v) is 11.7. The number of benzene rings is 1. The summed E-state index contributed by atoms with van der Waals surface area (Å²) in [5.74, 6) is -2.31. The van der Waals surface area contributed by atoms with Crippen LogP contribution in [-0.4, -0.2) is 55.9 Å². The average Bonchev–Trinajstić information content (AvgIpc) is 3.41. The van der Waals surface area contributed by atoms with Crippen LogP contribution in [0.5, 0.6) is 0 Å². The largest absolute Gasteiger partial charge is 0.388 e. The lowest BCUT2D eigenvalue weighted by atomic mass is 9.85. The number of aliphatic hydroxyl groups is 1. The molecule has 2 unspecified atom stereocenters. The van der Waals surface area contributed by atoms with E-state index in [0.29, 0.717) is 43.5 Å². The highest BCUT2D eigenvalue weighted by atomic mass is 35.5. The van der Waals surface area contributed by atoms with Gasteiger partial charge in [0.05, 0.1) is 42.3 Å². The number of rotatable bonds is 6. The third-order valence-electron chi connectivity index (χ3n) is 6.54. The van der Waals surface area contributed by atoms with Crippen molar-refractivity contribution in [1.29, 1.82) is 0 Å². The third-order valence-corrected chi connectivity index (χ3v) is 6.84. The Bertz CT molecular complexity index is 1270. The van der Waals surface area contributed by atoms with E-state index in [9.17, 15) is 18.7 Å². The molecule has 2 aliphatic rings. The fourth-order valence-electron chi connectivity index (χ4n) is 4.60. The van der Waals surface area contributed by atoms with E-state index in [1.807, 2.05) is 4.57 Å². The molecule has 186 valence electrons. The number of halogens is 3. The van der Waals surface area contributed by atoms with Crippen molar-refractivity contribution in [3.8, 4) is 0 Å². The molecule has 3 heterocycles. The van der Waals surface area contributed by atoms with Crippen molar-refractivity contribution in [3.63, 3.8) is 0 Å². The number of carbonyl (C=O) groups is 1. The number of amides is 1. The van der Waals surface area contributed by atoms with Gasteiger partial charge in [-0.3, -0.25) is 9.36 Å². The number of imidazole rings is 1. The Labute approximate surface area is 203 Å². The van der Waals surface area contributed by atoms with Crippen LogP contribution in [-0.2, 0) is 9.53 Å². The molecule has 0 radical (unpaired) electrons. The van der Waals surface area contributed by atoms with Crippen LogP contribution in [0.2, 0.25) is 5.02 Å². The van der Waals surface area contributed by atoms with E-state index in [-0.39, 0.29) is 53.1 Å². The van der Waals surface area contributed by atoms with Gasteiger partial charge in [-0.25, -0.2) is 18.7 Å². The van der Waals surface area contributed by atoms with Crippen LogP contribution >= 0.6 is 11.6 Å². The maximum Gasteiger partial charge on any atom is 0.225 e. The maximum atomic E-state index is 14.6. The topological polar surface area (TPSA) is 140 Å². The number of nitrogens with zero attached hydrogens (tertiary/aromatic N) is 4. The van der Waals surface area contributed by atoms with E-state index < -0.39 is 17.7 Å². The lowest BCUT2D eigenvalue weighted by Crippen LogP contribution is -2.32. The number of hydrogen-bond acceptors (Lipinski definition) is 8. The predicted molar refractivity (Wildman–Crippen MR) is 124 cm³/mol. The zero-order chi connectivity index (χ0) is 24.7. The number of anilines is 3. The van der Waals surface area contributed by atoms with Gasteiger partial charge in [0, 0.05) is 12.0 Å². The van der Waals surface area contributed by atoms with E-state index >= 15 is 0 Å². The molecule has 0 bridgehead atoms. The van der Waals surface area contributed by atoms with E-state index in [1.54, 1.807) is 0 Å². The van der Waals surface area contributed by atoms with Crippen molar-refractivity contribution in [2.75, 3.05) is 23.8 Å². The van der Waals surface area contributed by atoms with Gasteiger partial charge in [0.2, 0.25) is 17.8 Å². The summed E-state index contributed by atoms with van der Waals surface area (Å²) in [6.45, 7) is 0.533. The quantitative estimate of drug-likeness (QED) is 0.373. The van der Waals surface area contributed by atoms with E-state index in [2.05, 4.69) is 25.6 Å². The Morgan fingerprint density at radius 3 is 2.63 bits per heavy atom. The molecule has 1 aromatic carbocycles. The summed E-state index contributed by atoms with van der Waals surface area (Å²) < 4.78 is 35.7. The van der Waals surface area contributed by atoms with Gasteiger partial charge in [0.25, 0.3) is 0 Å². The molecule has 1 amide bonds. The third kappa shape index (κ3) is 4.60. The molecule has 2 fully saturated rings. The van der Waals surface area contributed by atoms with Gasteiger partial charge in [-0.05, 0) is 37.8 Å². The molecule has 3 aromatic rings. The minimum atomic E-state index is -1.16. The van der Waals surface area contributed by atoms with Gasteiger partial charge >= 0.3 is 0 Å². The predicted octanol–water partition coefficient (Wildman–Crippen LogP) is 2.89. The van der Waals surface area contributed by atoms with Crippen molar-refractivity contribution in [3.05, 3.63) is 35.0 Å². The molecule has 35 heavy (non-hydrogen) atoms. The van der Waals surface area contributed by atoms with Crippen LogP contribution in [0.25, 0.3) is 11.2 Å². The number of carbonyl (C=O) groups excluding carboxylic acids is 1. The van der Waals surface area contributed by atoms with Gasteiger partial charge in [-0.1, -0.05) is 11.6 Å². The fraction of sp³-hybridized carbons (Fsp3) is 0.455. The molecule has 0 spiro atoms. The summed E-state index contributed by atoms with van der Waals surface area (Å²) in [4.78, 5) is 25.1. The second kappa shape index (κ2) is 9.51. The van der Waals surface area contributed by atoms with E-state index in [4.69, 9.17) is 22.1 Å². The number of aromatic nitrogens is 4. The molecular formula is C22H24ClF2N7O3. The monoisotopic (exact) mass is 507 g/mol. The highest BCUT2D eigenvalue weighted by Gasteiger charge is 2.30. The van der Waals surface area contributed by atoms with Gasteiger partial charge in [0.1, 0.15) is 5.52 Å². The molecule has 1 aliphatic carbocycles. The Morgan fingerprint density at radius 1 is 1.17 bits per heavy atom. The fourth-order valence-corrected chi connectivity index (χ4v) is 4.75. The molecule has 5 N–H and O–H groups in total. The number of primary amides is 1. The Kier molecular flexibility index (Phi) is 6.43. The summed E-state index contributed by atoms with van der Waals surface area (Å²) in [5.41, 5.74) is 6.26. The summed E-state index contributed by atoms with van der Waals surface area (Å²) in [6, 6.07) is 2.10. The van der Waals surface area contributed by atoms with Crippen molar-refractivity contribution in [2.24, 2.45) is 11.7 Å². The van der Waals surface area contributed by atoms with Crippen LogP contribution in [0.1, 0.15) is 31.7 Å². The first-order chi connectivity index (χ1) is 16.8. The van der Waals surface area contributed by atoms with Crippen LogP contribution in [0, 0.1) is 17.6 Å². The van der Waals surface area contributed by atoms with Crippen LogP contribution < -0.4 is 16.4 Å². The zero-order valence-corrected chi connectivity index (χ0v) is 19.3. The second-order valence-electron chi connectivity index (χ2n) is 8.82. The number of nitrogens with one attached hydrogen (secondary N) is 2. The van der Waals surface area contributed by atoms with E-state index in [1.165, 1.54) is 18.3 Å². The molecule has 10 nitrogen and oxygen atoms in total. The standard InChI is InChI=1S/C22H24ClF2N7O3/c23-12-5-6-13(18(25)17(12)24)29-22-30-14-7-27-21(28-15-8-35-9-16(15)33)31-20(14)32(22)11-3-1-10(2-4-11)19(26)34/h5-7,10-11,15-16,33H,1-4,8-9H2,(H2,26,34)(H,29,30)(H,27,28,31). The highest BCUT2D eigenvalue weighted by Crippen LogP contribution is 2.37. The Morgan fingerprint density at radius 2 is 1.94 bits per heavy atom. The second-order valence-corrected chi connectivity index (χ2v) is 9.23. The summed E-state index contributed by atoms with van der Waals surface area (Å²) in [7, 11) is 0. The minimum Gasteiger partial charge on any atom is -0.388 e. The normalized spacial score (nSPS) is 24.6. The Balaban J connectivity index is 1.53. The van der Waals surface area contributed by atoms with E-state index in [0.717, 1.165) is 0 Å². The average molecular weight is 508 g/mol. The van der Waals surface area contributed by atoms with Gasteiger partial charge < -0.3 is 26.2 Å². The van der Waals surface area contributed by atoms with Gasteiger partial charge in [-0.15, -0.1) is 0 Å². The summed E-state index contributed by atoms with van der Waals surface area (Å²) >= 11 is 5.69. The Hall–Kier alpha value is -3.09. The molecule has 1 aliphatic heterocycles. The summed E-state index contributed by atoms with van der Waals surface area (Å²) in [5, 5.41) is 15.7. The minimum absolute atomic E-state index is 0.124. The number of fused-ring (bicyclic) bond motifs is 1. The number of ether oxygens (including phenoxy) is 1. The van der Waals surface area contributed by atoms with Crippen molar-refractivity contribution in [2.45, 2.75) is 43.9 Å². The molecular weight excluding hydrogens is 484 g/mol. The lowest BCUT2D eigenvalue weighted by molar-refractivity contribution is -0.122. The highest BCUT2D eigenvalue weighted by molar-refractivity contribution is 6.30. The first-order valence-electron chi connectivity index (χ1n) is 11.3. The summed E-state index contributed by atoms with van der Waals surface area (Å²) in [6.07, 6.45) is 3.24. The molecule has 1 saturated heterocycles. The number of hydrogen-bond donors (Lipinski definition) is 4. The van der Waals surface area contributed by atoms with Crippen LogP contribution in [0.3, 0.4) is 0 Å². The van der Waals surface area contributed by atoms with Crippen molar-refractivity contribution >= 4 is 46.3 Å². The first kappa shape index (κ1) is 23.6. The molecule has 5 rings (SSSR count). The smallest absolute Gasteiger partial charge is 0.225 e. The van der Waals surface area contributed by atoms with Gasteiger partial charge in [0.15, 0.2) is 17.3 Å². The van der Waals surface area contributed by atoms with Crippen molar-refractivity contribution in [1.82, 2.24) is 19.5 Å². The van der Waals surface area contributed by atoms with Crippen LogP contribution in [0.4, 0.5) is 26.4 Å². The number of aliphatic hydroxyl groups excluding tert-OH is 1. The SMILES string of the molecule is NC(=O)C1CCC(n2c(Nc3ccc(Cl)c(F)c3F)nc3cnc(NC4COCC4O)nc32)CC1. The lowest BCUT2D eigenvalue weighted by Gasteiger charge is -2.29. The molecule has 13 heteroatoms. The number of nitrogens with two attached hydrogens (primary N) is 1. The molecule has 1 saturated carbocycles. The van der Waals surface area contributed by atoms with Gasteiger partial charge in [-0.2, -0.15) is 4.98 Å². The van der Waals surface area contributed by atoms with Crippen LogP contribution in [0.15, 0.2) is 18.3 Å². The molecule has 2 atom stereocenters. The molecule has 2 aromatic heterocycles. The van der Waals surface area contributed by atoms with Crippen molar-refractivity contribution < 1.29 is 23.4 Å². The zero-order valence-electron chi connectivity index (χ0n) is 18.5. The maximum absolute atomic E-state index is 14.6.